The zero-order valence-electron chi connectivity index (χ0n) is 12.9. The molecular weight excluding hydrogens is 292 g/mol. The van der Waals surface area contributed by atoms with Crippen LogP contribution in [0.2, 0.25) is 0 Å². The zero-order chi connectivity index (χ0) is 16.1. The Labute approximate surface area is 134 Å². The molecule has 0 spiro atoms. The summed E-state index contributed by atoms with van der Waals surface area (Å²) in [5, 5.41) is 0. The Morgan fingerprint density at radius 3 is 2.78 bits per heavy atom. The molecule has 6 heteroatoms. The fourth-order valence-corrected chi connectivity index (χ4v) is 2.06. The molecule has 6 nitrogen and oxygen atoms in total. The number of hydrogen-bond donors (Lipinski definition) is 0. The van der Waals surface area contributed by atoms with Crippen LogP contribution in [0.5, 0.6) is 11.6 Å². The number of ether oxygens (including phenoxy) is 2. The number of methoxy groups -OCH3 is 1. The van der Waals surface area contributed by atoms with E-state index in [2.05, 4.69) is 19.9 Å². The van der Waals surface area contributed by atoms with E-state index in [1.54, 1.807) is 31.8 Å². The number of aryl methyl sites for hydroxylation is 1. The van der Waals surface area contributed by atoms with Crippen molar-refractivity contribution < 1.29 is 9.47 Å². The third-order valence-corrected chi connectivity index (χ3v) is 3.14. The first-order valence-corrected chi connectivity index (χ1v) is 7.12. The average molecular weight is 308 g/mol. The first kappa shape index (κ1) is 14.9. The summed E-state index contributed by atoms with van der Waals surface area (Å²) in [5.41, 5.74) is 2.42. The second-order valence-electron chi connectivity index (χ2n) is 4.90. The summed E-state index contributed by atoms with van der Waals surface area (Å²) >= 11 is 0. The minimum Gasteiger partial charge on any atom is -0.497 e. The molecule has 3 rings (SSSR count). The number of benzene rings is 1. The molecule has 0 saturated carbocycles. The van der Waals surface area contributed by atoms with E-state index < -0.39 is 0 Å². The number of nitrogens with zero attached hydrogens (tertiary/aromatic N) is 4. The van der Waals surface area contributed by atoms with Crippen molar-refractivity contribution in [1.29, 1.82) is 0 Å². The summed E-state index contributed by atoms with van der Waals surface area (Å²) < 4.78 is 11.0. The Kier molecular flexibility index (Phi) is 4.42. The van der Waals surface area contributed by atoms with E-state index in [0.717, 1.165) is 17.0 Å². The van der Waals surface area contributed by atoms with Gasteiger partial charge < -0.3 is 9.47 Å². The standard InChI is InChI=1S/C17H16N4O2/c1-12-8-16(21-17(20-12)15-10-18-6-7-19-15)23-11-13-4-3-5-14(9-13)22-2/h3-10H,11H2,1-2H3. The van der Waals surface area contributed by atoms with Crippen molar-refractivity contribution in [2.24, 2.45) is 0 Å². The second-order valence-corrected chi connectivity index (χ2v) is 4.90. The van der Waals surface area contributed by atoms with Gasteiger partial charge in [0.1, 0.15) is 18.1 Å². The highest BCUT2D eigenvalue weighted by Crippen LogP contribution is 2.18. The molecule has 1 aromatic carbocycles. The van der Waals surface area contributed by atoms with Gasteiger partial charge in [0.15, 0.2) is 5.82 Å². The lowest BCUT2D eigenvalue weighted by molar-refractivity contribution is 0.292. The van der Waals surface area contributed by atoms with Gasteiger partial charge in [0.25, 0.3) is 0 Å². The lowest BCUT2D eigenvalue weighted by Crippen LogP contribution is -2.01. The molecule has 0 saturated heterocycles. The maximum absolute atomic E-state index is 5.78. The Balaban J connectivity index is 1.79. The SMILES string of the molecule is COc1cccc(COc2cc(C)nc(-c3cnccn3)n2)c1. The van der Waals surface area contributed by atoms with Crippen molar-refractivity contribution >= 4 is 0 Å². The minimum atomic E-state index is 0.396. The molecule has 116 valence electrons. The Hall–Kier alpha value is -3.02. The molecule has 3 aromatic rings. The molecule has 23 heavy (non-hydrogen) atoms. The minimum absolute atomic E-state index is 0.396. The van der Waals surface area contributed by atoms with Crippen LogP contribution < -0.4 is 9.47 Å². The molecule has 0 atom stereocenters. The summed E-state index contributed by atoms with van der Waals surface area (Å²) in [4.78, 5) is 17.0. The fourth-order valence-electron chi connectivity index (χ4n) is 2.06. The predicted molar refractivity (Wildman–Crippen MR) is 85.1 cm³/mol. The van der Waals surface area contributed by atoms with E-state index in [0.29, 0.717) is 24.0 Å². The summed E-state index contributed by atoms with van der Waals surface area (Å²) in [6, 6.07) is 9.51. The highest BCUT2D eigenvalue weighted by molar-refractivity contribution is 5.48. The van der Waals surface area contributed by atoms with E-state index in [9.17, 15) is 0 Å². The second kappa shape index (κ2) is 6.83. The summed E-state index contributed by atoms with van der Waals surface area (Å²) in [5.74, 6) is 1.80. The normalized spacial score (nSPS) is 10.3. The van der Waals surface area contributed by atoms with E-state index in [-0.39, 0.29) is 0 Å². The highest BCUT2D eigenvalue weighted by atomic mass is 16.5. The summed E-state index contributed by atoms with van der Waals surface area (Å²) in [7, 11) is 1.64. The Morgan fingerprint density at radius 1 is 1.09 bits per heavy atom. The molecule has 0 aliphatic rings. The van der Waals surface area contributed by atoms with Crippen LogP contribution in [0.4, 0.5) is 0 Å². The highest BCUT2D eigenvalue weighted by Gasteiger charge is 2.07. The average Bonchev–Trinajstić information content (AvgIpc) is 2.60. The van der Waals surface area contributed by atoms with Crippen LogP contribution in [0.3, 0.4) is 0 Å². The van der Waals surface area contributed by atoms with Gasteiger partial charge in [0, 0.05) is 24.2 Å². The number of aromatic nitrogens is 4. The predicted octanol–water partition coefficient (Wildman–Crippen LogP) is 2.83. The van der Waals surface area contributed by atoms with E-state index in [4.69, 9.17) is 9.47 Å². The van der Waals surface area contributed by atoms with Crippen molar-refractivity contribution in [3.8, 4) is 23.1 Å². The van der Waals surface area contributed by atoms with Gasteiger partial charge in [-0.05, 0) is 24.6 Å². The van der Waals surface area contributed by atoms with Gasteiger partial charge in [-0.15, -0.1) is 0 Å². The largest absolute Gasteiger partial charge is 0.497 e. The zero-order valence-corrected chi connectivity index (χ0v) is 12.9. The quantitative estimate of drug-likeness (QED) is 0.722. The lowest BCUT2D eigenvalue weighted by atomic mass is 10.2. The van der Waals surface area contributed by atoms with Gasteiger partial charge in [0.2, 0.25) is 5.88 Å². The molecule has 0 radical (unpaired) electrons. The number of rotatable bonds is 5. The van der Waals surface area contributed by atoms with Crippen molar-refractivity contribution in [2.45, 2.75) is 13.5 Å². The van der Waals surface area contributed by atoms with E-state index >= 15 is 0 Å². The van der Waals surface area contributed by atoms with Crippen molar-refractivity contribution in [3.05, 3.63) is 60.2 Å². The number of hydrogen-bond acceptors (Lipinski definition) is 6. The van der Waals surface area contributed by atoms with Crippen LogP contribution in [0.1, 0.15) is 11.3 Å². The Bertz CT molecular complexity index is 794. The lowest BCUT2D eigenvalue weighted by Gasteiger charge is -2.08. The van der Waals surface area contributed by atoms with Crippen LogP contribution in [-0.2, 0) is 6.61 Å². The van der Waals surface area contributed by atoms with Crippen LogP contribution >= 0.6 is 0 Å². The van der Waals surface area contributed by atoms with Gasteiger partial charge in [-0.2, -0.15) is 4.98 Å². The van der Waals surface area contributed by atoms with Crippen molar-refractivity contribution in [3.63, 3.8) is 0 Å². The van der Waals surface area contributed by atoms with Crippen molar-refractivity contribution in [2.75, 3.05) is 7.11 Å². The summed E-state index contributed by atoms with van der Waals surface area (Å²) in [6.45, 7) is 2.29. The maximum Gasteiger partial charge on any atom is 0.217 e. The molecule has 2 aromatic heterocycles. The smallest absolute Gasteiger partial charge is 0.217 e. The monoisotopic (exact) mass is 308 g/mol. The molecular formula is C17H16N4O2. The molecule has 0 fully saturated rings. The molecule has 2 heterocycles. The summed E-state index contributed by atoms with van der Waals surface area (Å²) in [6.07, 6.45) is 4.85. The van der Waals surface area contributed by atoms with Gasteiger partial charge in [-0.3, -0.25) is 4.98 Å². The third-order valence-electron chi connectivity index (χ3n) is 3.14. The molecule has 0 bridgehead atoms. The van der Waals surface area contributed by atoms with E-state index in [1.165, 1.54) is 0 Å². The fraction of sp³-hybridized carbons (Fsp3) is 0.176. The van der Waals surface area contributed by atoms with Gasteiger partial charge in [-0.1, -0.05) is 12.1 Å². The Morgan fingerprint density at radius 2 is 2.00 bits per heavy atom. The molecule has 0 aliphatic heterocycles. The first-order chi connectivity index (χ1) is 11.2. The van der Waals surface area contributed by atoms with Crippen LogP contribution in [0, 0.1) is 6.92 Å². The topological polar surface area (TPSA) is 70.0 Å². The molecule has 0 aliphatic carbocycles. The maximum atomic E-state index is 5.78. The van der Waals surface area contributed by atoms with Gasteiger partial charge in [-0.25, -0.2) is 9.97 Å². The van der Waals surface area contributed by atoms with Crippen LogP contribution in [0.15, 0.2) is 48.9 Å². The van der Waals surface area contributed by atoms with Gasteiger partial charge in [0.05, 0.1) is 13.3 Å². The molecule has 0 amide bonds. The first-order valence-electron chi connectivity index (χ1n) is 7.12. The van der Waals surface area contributed by atoms with Crippen molar-refractivity contribution in [1.82, 2.24) is 19.9 Å². The van der Waals surface area contributed by atoms with Crippen LogP contribution in [0.25, 0.3) is 11.5 Å². The van der Waals surface area contributed by atoms with Crippen LogP contribution in [-0.4, -0.2) is 27.0 Å². The molecule has 0 unspecified atom stereocenters. The third kappa shape index (κ3) is 3.79. The molecule has 0 N–H and O–H groups in total. The van der Waals surface area contributed by atoms with Gasteiger partial charge >= 0.3 is 0 Å². The van der Waals surface area contributed by atoms with E-state index in [1.807, 2.05) is 31.2 Å².